The molecule has 2 N–H and O–H groups in total. The van der Waals surface area contributed by atoms with Gasteiger partial charge < -0.3 is 20.3 Å². The number of hydrogen-bond donors (Lipinski definition) is 2. The van der Waals surface area contributed by atoms with E-state index < -0.39 is 11.7 Å². The summed E-state index contributed by atoms with van der Waals surface area (Å²) in [6.45, 7) is 0.444. The van der Waals surface area contributed by atoms with Gasteiger partial charge in [0.1, 0.15) is 5.75 Å². The highest BCUT2D eigenvalue weighted by atomic mass is 19.4. The van der Waals surface area contributed by atoms with Gasteiger partial charge >= 0.3 is 6.18 Å². The molecule has 0 heterocycles. The molecular weight excluding hydrogens is 409 g/mol. The molecule has 6 nitrogen and oxygen atoms in total. The number of rotatable bonds is 7. The van der Waals surface area contributed by atoms with Gasteiger partial charge in [-0.15, -0.1) is 0 Å². The largest absolute Gasteiger partial charge is 0.497 e. The molecule has 0 aliphatic rings. The van der Waals surface area contributed by atoms with Gasteiger partial charge in [-0.2, -0.15) is 13.2 Å². The Morgan fingerprint density at radius 1 is 1.13 bits per heavy atom. The summed E-state index contributed by atoms with van der Waals surface area (Å²) < 4.78 is 44.9. The van der Waals surface area contributed by atoms with Gasteiger partial charge in [0.2, 0.25) is 0 Å². The van der Waals surface area contributed by atoms with Crippen molar-refractivity contribution in [3.8, 4) is 5.75 Å². The second kappa shape index (κ2) is 10.7. The third kappa shape index (κ3) is 6.91. The van der Waals surface area contributed by atoms with E-state index in [1.165, 1.54) is 24.1 Å². The van der Waals surface area contributed by atoms with E-state index in [2.05, 4.69) is 15.6 Å². The minimum absolute atomic E-state index is 0.0503. The second-order valence-corrected chi connectivity index (χ2v) is 7.02. The number of carbonyl (C=O) groups excluding carboxylic acids is 1. The smallest absolute Gasteiger partial charge is 0.416 e. The van der Waals surface area contributed by atoms with E-state index in [1.54, 1.807) is 27.2 Å². The topological polar surface area (TPSA) is 66.0 Å². The summed E-state index contributed by atoms with van der Waals surface area (Å²) in [5, 5.41) is 5.98. The highest BCUT2D eigenvalue weighted by Gasteiger charge is 2.33. The first kappa shape index (κ1) is 24.0. The Bertz CT molecular complexity index is 927. The van der Waals surface area contributed by atoms with Crippen LogP contribution in [-0.4, -0.2) is 51.6 Å². The average molecular weight is 436 g/mol. The molecule has 2 rings (SSSR count). The fourth-order valence-corrected chi connectivity index (χ4v) is 2.94. The number of halogens is 3. The molecule has 2 aromatic rings. The maximum Gasteiger partial charge on any atom is 0.416 e. The quantitative estimate of drug-likeness (QED) is 0.516. The normalized spacial score (nSPS) is 11.8. The van der Waals surface area contributed by atoms with Crippen LogP contribution in [0.2, 0.25) is 0 Å². The van der Waals surface area contributed by atoms with Gasteiger partial charge in [-0.05, 0) is 41.8 Å². The van der Waals surface area contributed by atoms with Crippen LogP contribution in [-0.2, 0) is 19.1 Å². The lowest BCUT2D eigenvalue weighted by molar-refractivity contribution is -0.138. The SMILES string of the molecule is CN=C(NCCc1cccc(C(=O)N(C)C)c1)NCc1ccc(OC)cc1C(F)(F)F. The van der Waals surface area contributed by atoms with Gasteiger partial charge in [0.05, 0.1) is 12.7 Å². The highest BCUT2D eigenvalue weighted by molar-refractivity contribution is 5.94. The summed E-state index contributed by atoms with van der Waals surface area (Å²) in [5.74, 6) is 0.449. The van der Waals surface area contributed by atoms with Crippen molar-refractivity contribution in [2.45, 2.75) is 19.1 Å². The third-order valence-corrected chi connectivity index (χ3v) is 4.58. The molecule has 2 aromatic carbocycles. The summed E-state index contributed by atoms with van der Waals surface area (Å²) in [5.41, 5.74) is 0.901. The number of ether oxygens (including phenoxy) is 1. The predicted molar refractivity (Wildman–Crippen MR) is 114 cm³/mol. The van der Waals surface area contributed by atoms with E-state index in [9.17, 15) is 18.0 Å². The third-order valence-electron chi connectivity index (χ3n) is 4.58. The van der Waals surface area contributed by atoms with Crippen LogP contribution < -0.4 is 15.4 Å². The zero-order chi connectivity index (χ0) is 23.0. The van der Waals surface area contributed by atoms with Gasteiger partial charge in [-0.1, -0.05) is 18.2 Å². The standard InChI is InChI=1S/C22H27F3N4O2/c1-26-21(27-11-10-15-6-5-7-16(12-15)20(30)29(2)3)28-14-17-8-9-18(31-4)13-19(17)22(23,24)25/h5-9,12-13H,10-11,14H2,1-4H3,(H2,26,27,28). The lowest BCUT2D eigenvalue weighted by atomic mass is 10.1. The zero-order valence-electron chi connectivity index (χ0n) is 18.0. The summed E-state index contributed by atoms with van der Waals surface area (Å²) in [6, 6.07) is 11.2. The molecule has 0 saturated heterocycles. The minimum atomic E-state index is -4.49. The van der Waals surface area contributed by atoms with E-state index in [1.807, 2.05) is 18.2 Å². The number of hydrogen-bond acceptors (Lipinski definition) is 3. The Morgan fingerprint density at radius 3 is 2.48 bits per heavy atom. The Balaban J connectivity index is 1.96. The van der Waals surface area contributed by atoms with Crippen LogP contribution in [0.4, 0.5) is 13.2 Å². The number of nitrogens with zero attached hydrogens (tertiary/aromatic N) is 2. The average Bonchev–Trinajstić information content (AvgIpc) is 2.74. The van der Waals surface area contributed by atoms with Crippen LogP contribution in [0.15, 0.2) is 47.5 Å². The van der Waals surface area contributed by atoms with Crippen LogP contribution in [0, 0.1) is 0 Å². The molecule has 0 bridgehead atoms. The molecule has 0 fully saturated rings. The summed E-state index contributed by atoms with van der Waals surface area (Å²) in [6.07, 6.45) is -3.87. The van der Waals surface area contributed by atoms with Crippen molar-refractivity contribution >= 4 is 11.9 Å². The molecule has 0 saturated carbocycles. The van der Waals surface area contributed by atoms with Crippen molar-refractivity contribution in [2.24, 2.45) is 4.99 Å². The molecule has 31 heavy (non-hydrogen) atoms. The van der Waals surface area contributed by atoms with Crippen LogP contribution >= 0.6 is 0 Å². The lowest BCUT2D eigenvalue weighted by Crippen LogP contribution is -2.38. The van der Waals surface area contributed by atoms with Crippen LogP contribution in [0.3, 0.4) is 0 Å². The zero-order valence-corrected chi connectivity index (χ0v) is 18.0. The van der Waals surface area contributed by atoms with Crippen LogP contribution in [0.1, 0.15) is 27.0 Å². The van der Waals surface area contributed by atoms with Crippen molar-refractivity contribution in [2.75, 3.05) is 34.8 Å². The molecule has 168 valence electrons. The number of guanidine groups is 1. The van der Waals surface area contributed by atoms with E-state index in [4.69, 9.17) is 4.74 Å². The first-order valence-electron chi connectivity index (χ1n) is 9.65. The van der Waals surface area contributed by atoms with E-state index >= 15 is 0 Å². The Hall–Kier alpha value is -3.23. The number of alkyl halides is 3. The molecule has 0 radical (unpaired) electrons. The number of nitrogens with one attached hydrogen (secondary N) is 2. The minimum Gasteiger partial charge on any atom is -0.497 e. The second-order valence-electron chi connectivity index (χ2n) is 7.02. The van der Waals surface area contributed by atoms with Gasteiger partial charge in [0.15, 0.2) is 5.96 Å². The Labute approximate surface area is 180 Å². The molecule has 0 aliphatic carbocycles. The van der Waals surface area contributed by atoms with Gasteiger partial charge in [0.25, 0.3) is 5.91 Å². The predicted octanol–water partition coefficient (Wildman–Crippen LogP) is 3.32. The van der Waals surface area contributed by atoms with E-state index in [0.29, 0.717) is 24.5 Å². The Morgan fingerprint density at radius 2 is 1.87 bits per heavy atom. The van der Waals surface area contributed by atoms with Crippen molar-refractivity contribution in [1.29, 1.82) is 0 Å². The fourth-order valence-electron chi connectivity index (χ4n) is 2.94. The number of methoxy groups -OCH3 is 1. The van der Waals surface area contributed by atoms with Gasteiger partial charge in [0, 0.05) is 39.8 Å². The summed E-state index contributed by atoms with van der Waals surface area (Å²) in [4.78, 5) is 17.6. The number of benzene rings is 2. The number of amides is 1. The molecule has 9 heteroatoms. The van der Waals surface area contributed by atoms with E-state index in [0.717, 1.165) is 11.6 Å². The maximum absolute atomic E-state index is 13.3. The summed E-state index contributed by atoms with van der Waals surface area (Å²) in [7, 11) is 6.26. The number of aliphatic imine (C=N–C) groups is 1. The van der Waals surface area contributed by atoms with Crippen molar-refractivity contribution in [3.63, 3.8) is 0 Å². The monoisotopic (exact) mass is 436 g/mol. The van der Waals surface area contributed by atoms with Gasteiger partial charge in [-0.25, -0.2) is 0 Å². The maximum atomic E-state index is 13.3. The van der Waals surface area contributed by atoms with Crippen molar-refractivity contribution in [3.05, 3.63) is 64.7 Å². The molecule has 0 atom stereocenters. The van der Waals surface area contributed by atoms with Gasteiger partial charge in [-0.3, -0.25) is 9.79 Å². The molecule has 0 aliphatic heterocycles. The van der Waals surface area contributed by atoms with Crippen LogP contribution in [0.25, 0.3) is 0 Å². The Kier molecular flexibility index (Phi) is 8.30. The lowest BCUT2D eigenvalue weighted by Gasteiger charge is -2.17. The molecular formula is C22H27F3N4O2. The first-order valence-corrected chi connectivity index (χ1v) is 9.65. The van der Waals surface area contributed by atoms with E-state index in [-0.39, 0.29) is 23.8 Å². The molecule has 0 aromatic heterocycles. The number of carbonyl (C=O) groups is 1. The summed E-state index contributed by atoms with van der Waals surface area (Å²) >= 11 is 0. The van der Waals surface area contributed by atoms with Crippen molar-refractivity contribution in [1.82, 2.24) is 15.5 Å². The fraction of sp³-hybridized carbons (Fsp3) is 0.364. The van der Waals surface area contributed by atoms with Crippen LogP contribution in [0.5, 0.6) is 5.75 Å². The highest BCUT2D eigenvalue weighted by Crippen LogP contribution is 2.34. The van der Waals surface area contributed by atoms with Crippen molar-refractivity contribution < 1.29 is 22.7 Å². The molecule has 0 unspecified atom stereocenters. The molecule has 0 spiro atoms. The first-order chi connectivity index (χ1) is 14.7. The molecule has 1 amide bonds.